The molecule has 2 heterocycles. The van der Waals surface area contributed by atoms with E-state index in [0.717, 1.165) is 35.3 Å². The molecule has 0 aromatic heterocycles. The Morgan fingerprint density at radius 2 is 1.79 bits per heavy atom. The predicted molar refractivity (Wildman–Crippen MR) is 118 cm³/mol. The lowest BCUT2D eigenvalue weighted by Crippen LogP contribution is -2.45. The zero-order valence-electron chi connectivity index (χ0n) is 16.0. The molecule has 1 amide bonds. The molecule has 4 N–H and O–H groups in total. The van der Waals surface area contributed by atoms with Gasteiger partial charge in [-0.25, -0.2) is 0 Å². The van der Waals surface area contributed by atoms with E-state index in [4.69, 9.17) is 11.1 Å². The van der Waals surface area contributed by atoms with Crippen molar-refractivity contribution >= 4 is 29.2 Å². The van der Waals surface area contributed by atoms with E-state index in [1.165, 1.54) is 11.8 Å². The highest BCUT2D eigenvalue weighted by molar-refractivity contribution is 6.06. The maximum Gasteiger partial charge on any atom is 0.253 e. The number of carbonyl (C=O) groups excluding carboxylic acids is 1. The van der Waals surface area contributed by atoms with Gasteiger partial charge in [-0.15, -0.1) is 0 Å². The summed E-state index contributed by atoms with van der Waals surface area (Å²) >= 11 is 0. The van der Waals surface area contributed by atoms with Gasteiger partial charge in [0.05, 0.1) is 0 Å². The molecule has 3 aromatic carbocycles. The van der Waals surface area contributed by atoms with Crippen LogP contribution < -0.4 is 16.0 Å². The zero-order valence-corrected chi connectivity index (χ0v) is 16.0. The molecule has 29 heavy (non-hydrogen) atoms. The van der Waals surface area contributed by atoms with Crippen molar-refractivity contribution in [1.82, 2.24) is 0 Å². The Morgan fingerprint density at radius 1 is 1.03 bits per heavy atom. The van der Waals surface area contributed by atoms with E-state index in [1.807, 2.05) is 65.6 Å². The number of fused-ring (bicyclic) bond motifs is 1. The van der Waals surface area contributed by atoms with Crippen molar-refractivity contribution in [3.8, 4) is 11.1 Å². The number of nitrogens with zero attached hydrogens (tertiary/aromatic N) is 1. The molecular formula is C24H22N4O. The summed E-state index contributed by atoms with van der Waals surface area (Å²) < 4.78 is 0. The number of amides is 1. The molecule has 2 aliphatic heterocycles. The number of benzene rings is 3. The Balaban J connectivity index is 1.39. The van der Waals surface area contributed by atoms with Gasteiger partial charge >= 0.3 is 0 Å². The third kappa shape index (κ3) is 2.78. The molecule has 5 heteroatoms. The molecule has 1 atom stereocenters. The number of para-hydroxylation sites is 1. The fourth-order valence-corrected chi connectivity index (χ4v) is 4.43. The number of hydrogen-bond acceptors (Lipinski definition) is 4. The second kappa shape index (κ2) is 6.48. The number of nitrogen functional groups attached to an aromatic ring is 1. The highest BCUT2D eigenvalue weighted by atomic mass is 16.2. The van der Waals surface area contributed by atoms with Gasteiger partial charge in [-0.05, 0) is 53.4 Å². The van der Waals surface area contributed by atoms with E-state index < -0.39 is 5.54 Å². The highest BCUT2D eigenvalue weighted by Crippen LogP contribution is 2.40. The summed E-state index contributed by atoms with van der Waals surface area (Å²) in [4.78, 5) is 15.2. The maximum absolute atomic E-state index is 13.3. The van der Waals surface area contributed by atoms with Crippen LogP contribution in [0.3, 0.4) is 0 Å². The Hall–Kier alpha value is -3.60. The van der Waals surface area contributed by atoms with Gasteiger partial charge < -0.3 is 21.4 Å². The van der Waals surface area contributed by atoms with E-state index in [1.54, 1.807) is 0 Å². The molecule has 1 saturated heterocycles. The SMILES string of the molecule is N=Cc1cc(-c2ccc(N3CCC4(Cc5ccccc5N4)C3=O)cc2)ccc1N. The number of anilines is 3. The standard InChI is InChI=1S/C24H22N4O/c25-15-19-13-17(7-10-21(19)26)16-5-8-20(9-6-16)28-12-11-24(23(28)29)14-18-3-1-2-4-22(18)27-24/h1-10,13,15,25,27H,11-12,14,26H2. The lowest BCUT2D eigenvalue weighted by Gasteiger charge is -2.24. The quantitative estimate of drug-likeness (QED) is 0.472. The first-order valence-corrected chi connectivity index (χ1v) is 9.78. The normalized spacial score (nSPS) is 20.0. The third-order valence-corrected chi connectivity index (χ3v) is 6.05. The number of nitrogens with two attached hydrogens (primary N) is 1. The summed E-state index contributed by atoms with van der Waals surface area (Å²) in [5.74, 6) is 0.139. The average Bonchev–Trinajstić information content (AvgIpc) is 3.28. The van der Waals surface area contributed by atoms with Crippen LogP contribution in [-0.4, -0.2) is 24.2 Å². The summed E-state index contributed by atoms with van der Waals surface area (Å²) in [6, 6.07) is 21.9. The van der Waals surface area contributed by atoms with Crippen LogP contribution in [0.2, 0.25) is 0 Å². The van der Waals surface area contributed by atoms with E-state index >= 15 is 0 Å². The first-order chi connectivity index (χ1) is 14.1. The third-order valence-electron chi connectivity index (χ3n) is 6.05. The van der Waals surface area contributed by atoms with Gasteiger partial charge in [0, 0.05) is 41.8 Å². The van der Waals surface area contributed by atoms with Gasteiger partial charge in [-0.2, -0.15) is 0 Å². The van der Waals surface area contributed by atoms with E-state index in [9.17, 15) is 4.79 Å². The minimum Gasteiger partial charge on any atom is -0.398 e. The topological polar surface area (TPSA) is 82.2 Å². The van der Waals surface area contributed by atoms with Crippen molar-refractivity contribution < 1.29 is 4.79 Å². The van der Waals surface area contributed by atoms with Crippen LogP contribution in [0.4, 0.5) is 17.1 Å². The van der Waals surface area contributed by atoms with Crippen molar-refractivity contribution in [2.45, 2.75) is 18.4 Å². The van der Waals surface area contributed by atoms with Crippen LogP contribution in [-0.2, 0) is 11.2 Å². The molecule has 5 rings (SSSR count). The average molecular weight is 382 g/mol. The van der Waals surface area contributed by atoms with Gasteiger partial charge in [0.15, 0.2) is 0 Å². The van der Waals surface area contributed by atoms with Gasteiger partial charge in [-0.3, -0.25) is 4.79 Å². The van der Waals surface area contributed by atoms with Gasteiger partial charge in [0.1, 0.15) is 5.54 Å². The summed E-state index contributed by atoms with van der Waals surface area (Å²) in [7, 11) is 0. The minimum atomic E-state index is -0.516. The fraction of sp³-hybridized carbons (Fsp3) is 0.167. The van der Waals surface area contributed by atoms with Crippen LogP contribution in [0, 0.1) is 5.41 Å². The molecule has 0 radical (unpaired) electrons. The lowest BCUT2D eigenvalue weighted by molar-refractivity contribution is -0.120. The minimum absolute atomic E-state index is 0.139. The zero-order chi connectivity index (χ0) is 20.0. The van der Waals surface area contributed by atoms with Crippen molar-refractivity contribution in [3.63, 3.8) is 0 Å². The van der Waals surface area contributed by atoms with Gasteiger partial charge in [-0.1, -0.05) is 36.4 Å². The lowest BCUT2D eigenvalue weighted by atomic mass is 9.93. The molecular weight excluding hydrogens is 360 g/mol. The van der Waals surface area contributed by atoms with Crippen LogP contribution in [0.25, 0.3) is 11.1 Å². The van der Waals surface area contributed by atoms with Crippen molar-refractivity contribution in [3.05, 3.63) is 77.9 Å². The molecule has 1 spiro atoms. The summed E-state index contributed by atoms with van der Waals surface area (Å²) in [6.45, 7) is 0.707. The van der Waals surface area contributed by atoms with E-state index in [-0.39, 0.29) is 5.91 Å². The Bertz CT molecular complexity index is 1090. The Labute approximate surface area is 169 Å². The molecule has 1 unspecified atom stereocenters. The summed E-state index contributed by atoms with van der Waals surface area (Å²) in [6.07, 6.45) is 2.81. The second-order valence-corrected chi connectivity index (χ2v) is 7.78. The molecule has 5 nitrogen and oxygen atoms in total. The molecule has 0 saturated carbocycles. The molecule has 2 aliphatic rings. The number of carbonyl (C=O) groups is 1. The number of nitrogens with one attached hydrogen (secondary N) is 2. The van der Waals surface area contributed by atoms with Crippen molar-refractivity contribution in [1.29, 1.82) is 5.41 Å². The van der Waals surface area contributed by atoms with Gasteiger partial charge in [0.2, 0.25) is 0 Å². The highest BCUT2D eigenvalue weighted by Gasteiger charge is 2.50. The maximum atomic E-state index is 13.3. The van der Waals surface area contributed by atoms with Gasteiger partial charge in [0.25, 0.3) is 5.91 Å². The monoisotopic (exact) mass is 382 g/mol. The Kier molecular flexibility index (Phi) is 3.91. The fourth-order valence-electron chi connectivity index (χ4n) is 4.43. The largest absolute Gasteiger partial charge is 0.398 e. The first kappa shape index (κ1) is 17.5. The first-order valence-electron chi connectivity index (χ1n) is 9.78. The van der Waals surface area contributed by atoms with Crippen molar-refractivity contribution in [2.24, 2.45) is 0 Å². The van der Waals surface area contributed by atoms with Crippen LogP contribution in [0.5, 0.6) is 0 Å². The summed E-state index contributed by atoms with van der Waals surface area (Å²) in [5, 5.41) is 11.0. The predicted octanol–water partition coefficient (Wildman–Crippen LogP) is 4.08. The van der Waals surface area contributed by atoms with Crippen LogP contribution >= 0.6 is 0 Å². The molecule has 0 bridgehead atoms. The number of rotatable bonds is 3. The smallest absolute Gasteiger partial charge is 0.253 e. The van der Waals surface area contributed by atoms with Crippen LogP contribution in [0.15, 0.2) is 66.7 Å². The summed E-state index contributed by atoms with van der Waals surface area (Å²) in [5.41, 5.74) is 11.9. The molecule has 3 aromatic rings. The molecule has 1 fully saturated rings. The second-order valence-electron chi connectivity index (χ2n) is 7.78. The van der Waals surface area contributed by atoms with Crippen LogP contribution in [0.1, 0.15) is 17.5 Å². The Morgan fingerprint density at radius 3 is 2.55 bits per heavy atom. The van der Waals surface area contributed by atoms with E-state index in [0.29, 0.717) is 17.8 Å². The number of hydrogen-bond donors (Lipinski definition) is 3. The molecule has 144 valence electrons. The molecule has 0 aliphatic carbocycles. The van der Waals surface area contributed by atoms with Crippen molar-refractivity contribution in [2.75, 3.05) is 22.5 Å². The van der Waals surface area contributed by atoms with E-state index in [2.05, 4.69) is 11.4 Å².